The first kappa shape index (κ1) is 8.87. The summed E-state index contributed by atoms with van der Waals surface area (Å²) in [4.78, 5) is 0. The van der Waals surface area contributed by atoms with Gasteiger partial charge in [-0.3, -0.25) is 0 Å². The molecular formula is C7H13NS. The Kier molecular flexibility index (Phi) is 5.91. The van der Waals surface area contributed by atoms with E-state index in [9.17, 15) is 0 Å². The molecule has 1 atom stereocenters. The van der Waals surface area contributed by atoms with Gasteiger partial charge in [-0.1, -0.05) is 0 Å². The van der Waals surface area contributed by atoms with Crippen molar-refractivity contribution in [2.24, 2.45) is 5.73 Å². The van der Waals surface area contributed by atoms with Gasteiger partial charge in [0.1, 0.15) is 0 Å². The van der Waals surface area contributed by atoms with Gasteiger partial charge in [-0.25, -0.2) is 0 Å². The van der Waals surface area contributed by atoms with Gasteiger partial charge in [0.25, 0.3) is 0 Å². The summed E-state index contributed by atoms with van der Waals surface area (Å²) in [6, 6.07) is 0.257. The maximum Gasteiger partial charge on any atom is 0.0249 e. The largest absolute Gasteiger partial charge is 0.326 e. The van der Waals surface area contributed by atoms with Gasteiger partial charge in [-0.05, 0) is 13.2 Å². The quantitative estimate of drug-likeness (QED) is 0.598. The molecule has 0 fully saturated rings. The third-order valence-electron chi connectivity index (χ3n) is 0.922. The summed E-state index contributed by atoms with van der Waals surface area (Å²) < 4.78 is 0. The zero-order valence-corrected chi connectivity index (χ0v) is 6.79. The van der Waals surface area contributed by atoms with Gasteiger partial charge in [-0.15, -0.1) is 11.8 Å². The Morgan fingerprint density at radius 1 is 1.67 bits per heavy atom. The average Bonchev–Trinajstić information content (AvgIpc) is 1.85. The first-order valence-electron chi connectivity index (χ1n) is 2.95. The number of nitrogens with two attached hydrogens (primary N) is 1. The van der Waals surface area contributed by atoms with E-state index < -0.39 is 0 Å². The highest BCUT2D eigenvalue weighted by Gasteiger charge is 1.95. The maximum absolute atomic E-state index is 5.65. The lowest BCUT2D eigenvalue weighted by atomic mass is 10.2. The van der Waals surface area contributed by atoms with Gasteiger partial charge in [0.15, 0.2) is 0 Å². The number of hydrogen-bond acceptors (Lipinski definition) is 2. The van der Waals surface area contributed by atoms with Crippen molar-refractivity contribution < 1.29 is 0 Å². The van der Waals surface area contributed by atoms with E-state index in [-0.39, 0.29) is 6.04 Å². The molecule has 0 rings (SSSR count). The van der Waals surface area contributed by atoms with Crippen LogP contribution >= 0.6 is 11.8 Å². The molecule has 0 saturated carbocycles. The van der Waals surface area contributed by atoms with Gasteiger partial charge >= 0.3 is 0 Å². The Hall–Kier alpha value is -0.130. The molecule has 0 aliphatic heterocycles. The summed E-state index contributed by atoms with van der Waals surface area (Å²) in [5.74, 6) is 6.77. The molecule has 0 bridgehead atoms. The fourth-order valence-corrected chi connectivity index (χ4v) is 1.05. The Bertz CT molecular complexity index is 112. The van der Waals surface area contributed by atoms with E-state index in [0.29, 0.717) is 0 Å². The third kappa shape index (κ3) is 5.75. The summed E-state index contributed by atoms with van der Waals surface area (Å²) >= 11 is 1.77. The molecule has 0 amide bonds. The van der Waals surface area contributed by atoms with Crippen LogP contribution in [0, 0.1) is 11.8 Å². The van der Waals surface area contributed by atoms with Crippen molar-refractivity contribution in [3.63, 3.8) is 0 Å². The second-order valence-electron chi connectivity index (χ2n) is 1.85. The predicted molar refractivity (Wildman–Crippen MR) is 44.4 cm³/mol. The van der Waals surface area contributed by atoms with Crippen molar-refractivity contribution in [1.82, 2.24) is 0 Å². The predicted octanol–water partition coefficient (Wildman–Crippen LogP) is 1.09. The van der Waals surface area contributed by atoms with Crippen LogP contribution in [0.4, 0.5) is 0 Å². The van der Waals surface area contributed by atoms with Crippen molar-refractivity contribution in [3.8, 4) is 11.8 Å². The second kappa shape index (κ2) is 6.00. The SMILES string of the molecule is CC#CCC(N)CSC. The Morgan fingerprint density at radius 2 is 2.33 bits per heavy atom. The first-order chi connectivity index (χ1) is 4.31. The van der Waals surface area contributed by atoms with Crippen molar-refractivity contribution in [2.75, 3.05) is 12.0 Å². The molecule has 0 radical (unpaired) electrons. The molecule has 2 heteroatoms. The number of hydrogen-bond donors (Lipinski definition) is 1. The van der Waals surface area contributed by atoms with Gasteiger partial charge in [0.2, 0.25) is 0 Å². The van der Waals surface area contributed by atoms with E-state index in [0.717, 1.165) is 12.2 Å². The molecule has 0 aromatic heterocycles. The molecule has 1 unspecified atom stereocenters. The summed E-state index contributed by atoms with van der Waals surface area (Å²) in [6.07, 6.45) is 2.89. The molecule has 1 nitrogen and oxygen atoms in total. The Morgan fingerprint density at radius 3 is 2.78 bits per heavy atom. The molecule has 0 aromatic carbocycles. The summed E-state index contributed by atoms with van der Waals surface area (Å²) in [5.41, 5.74) is 5.65. The normalized spacial score (nSPS) is 11.9. The number of thioether (sulfide) groups is 1. The van der Waals surface area contributed by atoms with Gasteiger partial charge in [0, 0.05) is 18.2 Å². The summed E-state index contributed by atoms with van der Waals surface area (Å²) in [7, 11) is 0. The molecular weight excluding hydrogens is 130 g/mol. The lowest BCUT2D eigenvalue weighted by Crippen LogP contribution is -2.21. The topological polar surface area (TPSA) is 26.0 Å². The lowest BCUT2D eigenvalue weighted by Gasteiger charge is -2.02. The van der Waals surface area contributed by atoms with E-state index in [1.165, 1.54) is 0 Å². The zero-order valence-electron chi connectivity index (χ0n) is 5.98. The van der Waals surface area contributed by atoms with Gasteiger partial charge < -0.3 is 5.73 Å². The van der Waals surface area contributed by atoms with Crippen LogP contribution in [0.5, 0.6) is 0 Å². The maximum atomic E-state index is 5.65. The molecule has 0 aliphatic carbocycles. The van der Waals surface area contributed by atoms with Crippen LogP contribution < -0.4 is 5.73 Å². The smallest absolute Gasteiger partial charge is 0.0249 e. The molecule has 52 valence electrons. The fraction of sp³-hybridized carbons (Fsp3) is 0.714. The van der Waals surface area contributed by atoms with Crippen LogP contribution in [0.1, 0.15) is 13.3 Å². The third-order valence-corrected chi connectivity index (χ3v) is 1.68. The number of rotatable bonds is 3. The van der Waals surface area contributed by atoms with E-state index in [1.807, 2.05) is 6.92 Å². The Labute approximate surface area is 61.4 Å². The first-order valence-corrected chi connectivity index (χ1v) is 4.34. The van der Waals surface area contributed by atoms with E-state index in [2.05, 4.69) is 18.1 Å². The van der Waals surface area contributed by atoms with Crippen molar-refractivity contribution in [1.29, 1.82) is 0 Å². The van der Waals surface area contributed by atoms with E-state index >= 15 is 0 Å². The van der Waals surface area contributed by atoms with Gasteiger partial charge in [-0.2, -0.15) is 11.8 Å². The average molecular weight is 143 g/mol. The van der Waals surface area contributed by atoms with Crippen LogP contribution in [0.15, 0.2) is 0 Å². The highest BCUT2D eigenvalue weighted by molar-refractivity contribution is 7.98. The summed E-state index contributed by atoms with van der Waals surface area (Å²) in [5, 5.41) is 0. The van der Waals surface area contributed by atoms with Gasteiger partial charge in [0.05, 0.1) is 0 Å². The fourth-order valence-electron chi connectivity index (χ4n) is 0.506. The van der Waals surface area contributed by atoms with Crippen LogP contribution in [-0.4, -0.2) is 18.1 Å². The van der Waals surface area contributed by atoms with E-state index in [4.69, 9.17) is 5.73 Å². The van der Waals surface area contributed by atoms with E-state index in [1.54, 1.807) is 11.8 Å². The highest BCUT2D eigenvalue weighted by Crippen LogP contribution is 1.96. The minimum Gasteiger partial charge on any atom is -0.326 e. The molecule has 0 saturated heterocycles. The van der Waals surface area contributed by atoms with Crippen molar-refractivity contribution >= 4 is 11.8 Å². The zero-order chi connectivity index (χ0) is 7.11. The highest BCUT2D eigenvalue weighted by atomic mass is 32.2. The van der Waals surface area contributed by atoms with Crippen molar-refractivity contribution in [3.05, 3.63) is 0 Å². The minimum absolute atomic E-state index is 0.257. The van der Waals surface area contributed by atoms with Crippen LogP contribution in [-0.2, 0) is 0 Å². The monoisotopic (exact) mass is 143 g/mol. The minimum atomic E-state index is 0.257. The lowest BCUT2D eigenvalue weighted by molar-refractivity contribution is 0.783. The Balaban J connectivity index is 3.22. The second-order valence-corrected chi connectivity index (χ2v) is 2.76. The molecule has 2 N–H and O–H groups in total. The molecule has 0 aliphatic rings. The molecule has 0 spiro atoms. The standard InChI is InChI=1S/C7H13NS/c1-3-4-5-7(8)6-9-2/h7H,5-6,8H2,1-2H3. The van der Waals surface area contributed by atoms with Crippen LogP contribution in [0.2, 0.25) is 0 Å². The summed E-state index contributed by atoms with van der Waals surface area (Å²) in [6.45, 7) is 1.84. The molecule has 0 heterocycles. The molecule has 0 aromatic rings. The van der Waals surface area contributed by atoms with Crippen molar-refractivity contribution in [2.45, 2.75) is 19.4 Å². The van der Waals surface area contributed by atoms with Crippen LogP contribution in [0.25, 0.3) is 0 Å². The molecule has 9 heavy (non-hydrogen) atoms. The van der Waals surface area contributed by atoms with Crippen LogP contribution in [0.3, 0.4) is 0 Å².